The van der Waals surface area contributed by atoms with E-state index < -0.39 is 0 Å². The van der Waals surface area contributed by atoms with Gasteiger partial charge in [0.05, 0.1) is 0 Å². The van der Waals surface area contributed by atoms with Crippen LogP contribution in [-0.2, 0) is 0 Å². The highest BCUT2D eigenvalue weighted by Crippen LogP contribution is 1.93. The predicted molar refractivity (Wildman–Crippen MR) is 54.0 cm³/mol. The van der Waals surface area contributed by atoms with E-state index in [1.54, 1.807) is 0 Å². The molecule has 0 aliphatic carbocycles. The van der Waals surface area contributed by atoms with Crippen molar-refractivity contribution < 1.29 is 1.43 Å². The Balaban J connectivity index is 0. The smallest absolute Gasteiger partial charge is 0 e. The van der Waals surface area contributed by atoms with Crippen molar-refractivity contribution in [2.24, 2.45) is 0 Å². The van der Waals surface area contributed by atoms with E-state index in [-0.39, 0.29) is 1.43 Å². The van der Waals surface area contributed by atoms with E-state index in [1.165, 1.54) is 51.6 Å². The monoisotopic (exact) mass is 159 g/mol. The molecule has 1 nitrogen and oxygen atoms in total. The Morgan fingerprint density at radius 3 is 1.64 bits per heavy atom. The molecule has 0 radical (unpaired) electrons. The second-order valence-corrected chi connectivity index (χ2v) is 3.16. The second kappa shape index (κ2) is 9.96. The van der Waals surface area contributed by atoms with Crippen molar-refractivity contribution in [1.82, 2.24) is 5.32 Å². The fraction of sp³-hybridized carbons (Fsp3) is 1.00. The fourth-order valence-electron chi connectivity index (χ4n) is 1.12. The van der Waals surface area contributed by atoms with Gasteiger partial charge in [-0.15, -0.1) is 0 Å². The largest absolute Gasteiger partial charge is 0.317 e. The molecular formula is C10H25N. The summed E-state index contributed by atoms with van der Waals surface area (Å²) in [4.78, 5) is 0. The van der Waals surface area contributed by atoms with E-state index in [1.807, 2.05) is 0 Å². The van der Waals surface area contributed by atoms with Gasteiger partial charge in [-0.05, 0) is 25.9 Å². The zero-order valence-corrected chi connectivity index (χ0v) is 8.16. The van der Waals surface area contributed by atoms with Gasteiger partial charge in [-0.25, -0.2) is 0 Å². The van der Waals surface area contributed by atoms with Gasteiger partial charge in [0.25, 0.3) is 0 Å². The first kappa shape index (κ1) is 11.0. The molecule has 0 heterocycles. The Hall–Kier alpha value is -0.0400. The van der Waals surface area contributed by atoms with E-state index in [9.17, 15) is 0 Å². The third-order valence-electron chi connectivity index (χ3n) is 1.91. The van der Waals surface area contributed by atoms with Crippen LogP contribution in [-0.4, -0.2) is 13.1 Å². The summed E-state index contributed by atoms with van der Waals surface area (Å²) >= 11 is 0. The van der Waals surface area contributed by atoms with Gasteiger partial charge in [0.2, 0.25) is 0 Å². The first-order valence-electron chi connectivity index (χ1n) is 5.12. The molecule has 0 rings (SSSR count). The molecule has 0 aliphatic heterocycles. The van der Waals surface area contributed by atoms with Crippen molar-refractivity contribution in [3.63, 3.8) is 0 Å². The summed E-state index contributed by atoms with van der Waals surface area (Å²) in [6.07, 6.45) is 8.11. The van der Waals surface area contributed by atoms with Crippen LogP contribution in [0.2, 0.25) is 0 Å². The number of nitrogens with one attached hydrogen (secondary N) is 1. The number of hydrogen-bond acceptors (Lipinski definition) is 1. The Kier molecular flexibility index (Phi) is 9.92. The summed E-state index contributed by atoms with van der Waals surface area (Å²) in [5.41, 5.74) is 0. The zero-order valence-electron chi connectivity index (χ0n) is 8.16. The van der Waals surface area contributed by atoms with E-state index in [0.717, 1.165) is 0 Å². The van der Waals surface area contributed by atoms with Gasteiger partial charge >= 0.3 is 0 Å². The number of rotatable bonds is 8. The lowest BCUT2D eigenvalue weighted by atomic mass is 10.2. The van der Waals surface area contributed by atoms with Crippen LogP contribution in [0.3, 0.4) is 0 Å². The highest BCUT2D eigenvalue weighted by molar-refractivity contribution is 4.48. The summed E-state index contributed by atoms with van der Waals surface area (Å²) in [6.45, 7) is 6.93. The molecule has 0 saturated heterocycles. The normalized spacial score (nSPS) is 10.4. The highest BCUT2D eigenvalue weighted by atomic mass is 14.8. The molecule has 0 aromatic carbocycles. The van der Waals surface area contributed by atoms with Crippen LogP contribution in [0.1, 0.15) is 53.8 Å². The molecule has 1 heteroatoms. The SMILES string of the molecule is CCCCCNCCCCC.[HH]. The minimum Gasteiger partial charge on any atom is -0.317 e. The standard InChI is InChI=1S/C10H23N.H2/c1-3-5-7-9-11-10-8-6-4-2;/h11H,3-10H2,1-2H3;1H. The van der Waals surface area contributed by atoms with Gasteiger partial charge in [-0.2, -0.15) is 0 Å². The summed E-state index contributed by atoms with van der Waals surface area (Å²) in [6, 6.07) is 0. The summed E-state index contributed by atoms with van der Waals surface area (Å²) in [5.74, 6) is 0. The quantitative estimate of drug-likeness (QED) is 0.536. The predicted octanol–water partition coefficient (Wildman–Crippen LogP) is 3.20. The Morgan fingerprint density at radius 2 is 1.27 bits per heavy atom. The molecule has 0 fully saturated rings. The van der Waals surface area contributed by atoms with Crippen LogP contribution in [0.15, 0.2) is 0 Å². The van der Waals surface area contributed by atoms with Crippen molar-refractivity contribution in [3.8, 4) is 0 Å². The minimum absolute atomic E-state index is 0. The third kappa shape index (κ3) is 9.96. The van der Waals surface area contributed by atoms with Gasteiger partial charge < -0.3 is 5.32 Å². The number of unbranched alkanes of at least 4 members (excludes halogenated alkanes) is 4. The van der Waals surface area contributed by atoms with Crippen LogP contribution in [0.4, 0.5) is 0 Å². The zero-order chi connectivity index (χ0) is 8.36. The molecule has 0 amide bonds. The van der Waals surface area contributed by atoms with Gasteiger partial charge in [0, 0.05) is 1.43 Å². The van der Waals surface area contributed by atoms with Crippen LogP contribution >= 0.6 is 0 Å². The molecular weight excluding hydrogens is 134 g/mol. The van der Waals surface area contributed by atoms with Crippen molar-refractivity contribution in [2.45, 2.75) is 52.4 Å². The molecule has 11 heavy (non-hydrogen) atoms. The molecule has 1 N–H and O–H groups in total. The molecule has 0 aromatic rings. The average molecular weight is 159 g/mol. The van der Waals surface area contributed by atoms with Crippen molar-refractivity contribution in [3.05, 3.63) is 0 Å². The first-order chi connectivity index (χ1) is 5.41. The summed E-state index contributed by atoms with van der Waals surface area (Å²) < 4.78 is 0. The lowest BCUT2D eigenvalue weighted by Crippen LogP contribution is -2.16. The molecule has 0 atom stereocenters. The summed E-state index contributed by atoms with van der Waals surface area (Å²) in [7, 11) is 0. The summed E-state index contributed by atoms with van der Waals surface area (Å²) in [5, 5.41) is 3.46. The van der Waals surface area contributed by atoms with Crippen molar-refractivity contribution in [2.75, 3.05) is 13.1 Å². The van der Waals surface area contributed by atoms with Gasteiger partial charge in [-0.3, -0.25) is 0 Å². The van der Waals surface area contributed by atoms with E-state index in [4.69, 9.17) is 0 Å². The molecule has 0 spiro atoms. The first-order valence-corrected chi connectivity index (χ1v) is 5.12. The van der Waals surface area contributed by atoms with E-state index in [0.29, 0.717) is 0 Å². The van der Waals surface area contributed by atoms with Crippen molar-refractivity contribution >= 4 is 0 Å². The lowest BCUT2D eigenvalue weighted by molar-refractivity contribution is 0.583. The van der Waals surface area contributed by atoms with Crippen LogP contribution in [0.5, 0.6) is 0 Å². The fourth-order valence-corrected chi connectivity index (χ4v) is 1.12. The maximum Gasteiger partial charge on any atom is 0 e. The van der Waals surface area contributed by atoms with Crippen molar-refractivity contribution in [1.29, 1.82) is 0 Å². The van der Waals surface area contributed by atoms with Gasteiger partial charge in [0.1, 0.15) is 0 Å². The molecule has 0 saturated carbocycles. The average Bonchev–Trinajstić information content (AvgIpc) is 2.03. The Bertz CT molecular complexity index is 58.9. The maximum atomic E-state index is 3.46. The highest BCUT2D eigenvalue weighted by Gasteiger charge is 1.86. The minimum atomic E-state index is 0. The molecule has 70 valence electrons. The second-order valence-electron chi connectivity index (χ2n) is 3.16. The lowest BCUT2D eigenvalue weighted by Gasteiger charge is -2.02. The van der Waals surface area contributed by atoms with E-state index in [2.05, 4.69) is 19.2 Å². The maximum absolute atomic E-state index is 3.46. The van der Waals surface area contributed by atoms with Gasteiger partial charge in [0.15, 0.2) is 0 Å². The van der Waals surface area contributed by atoms with Crippen LogP contribution in [0.25, 0.3) is 0 Å². The molecule has 0 aliphatic rings. The van der Waals surface area contributed by atoms with Crippen LogP contribution in [0, 0.1) is 0 Å². The van der Waals surface area contributed by atoms with Crippen LogP contribution < -0.4 is 5.32 Å². The molecule has 0 unspecified atom stereocenters. The van der Waals surface area contributed by atoms with E-state index >= 15 is 0 Å². The molecule has 0 bridgehead atoms. The Labute approximate surface area is 73.1 Å². The van der Waals surface area contributed by atoms with Gasteiger partial charge in [-0.1, -0.05) is 39.5 Å². The Morgan fingerprint density at radius 1 is 0.818 bits per heavy atom. The topological polar surface area (TPSA) is 12.0 Å². The number of hydrogen-bond donors (Lipinski definition) is 1. The third-order valence-corrected chi connectivity index (χ3v) is 1.91. The molecule has 0 aromatic heterocycles.